The first-order chi connectivity index (χ1) is 14.8. The summed E-state index contributed by atoms with van der Waals surface area (Å²) in [5.74, 6) is 1.56. The largest absolute Gasteiger partial charge is 0.508 e. The number of aliphatic hydroxyl groups excluding tert-OH is 1. The van der Waals surface area contributed by atoms with Crippen molar-refractivity contribution in [1.82, 2.24) is 15.0 Å². The first-order valence-electron chi connectivity index (χ1n) is 9.60. The highest BCUT2D eigenvalue weighted by Gasteiger charge is 2.22. The number of rotatable bonds is 5. The monoisotopic (exact) mass is 460 g/mol. The van der Waals surface area contributed by atoms with Crippen LogP contribution in [0.5, 0.6) is 5.75 Å². The Morgan fingerprint density at radius 2 is 2.10 bits per heavy atom. The van der Waals surface area contributed by atoms with Crippen molar-refractivity contribution in [1.29, 1.82) is 0 Å². The van der Waals surface area contributed by atoms with Crippen LogP contribution >= 0.6 is 22.9 Å². The molecule has 0 radical (unpaired) electrons. The molecule has 11 heteroatoms. The Bertz CT molecular complexity index is 1110. The molecule has 1 fully saturated rings. The number of β-amino-alcohol motifs (C(OH)–C–C–N with tert-alkyl or cyclic N) is 1. The SMILES string of the molecule is Cc1nc(Nc2ncc(C(=O)Nc3c(C)cc(O)cc3Cl)s2)cc(N2CC[C@H](O)C2)n1. The summed E-state index contributed by atoms with van der Waals surface area (Å²) in [7, 11) is 0. The molecule has 1 aliphatic rings. The van der Waals surface area contributed by atoms with E-state index in [-0.39, 0.29) is 22.8 Å². The van der Waals surface area contributed by atoms with Crippen LogP contribution in [0.3, 0.4) is 0 Å². The number of aromatic hydroxyl groups is 1. The van der Waals surface area contributed by atoms with Crippen LogP contribution in [-0.2, 0) is 0 Å². The number of hydrogen-bond donors (Lipinski definition) is 4. The third-order valence-electron chi connectivity index (χ3n) is 4.79. The highest BCUT2D eigenvalue weighted by molar-refractivity contribution is 7.17. The molecule has 1 amide bonds. The van der Waals surface area contributed by atoms with Crippen molar-refractivity contribution in [3.63, 3.8) is 0 Å². The smallest absolute Gasteiger partial charge is 0.267 e. The molecule has 4 N–H and O–H groups in total. The van der Waals surface area contributed by atoms with E-state index in [0.29, 0.717) is 45.9 Å². The van der Waals surface area contributed by atoms with Crippen molar-refractivity contribution in [2.45, 2.75) is 26.4 Å². The number of halogens is 1. The summed E-state index contributed by atoms with van der Waals surface area (Å²) in [6, 6.07) is 4.69. The number of nitrogens with zero attached hydrogens (tertiary/aromatic N) is 4. The second kappa shape index (κ2) is 8.66. The fraction of sp³-hybridized carbons (Fsp3) is 0.300. The van der Waals surface area contributed by atoms with E-state index in [1.165, 1.54) is 29.7 Å². The number of anilines is 4. The van der Waals surface area contributed by atoms with Gasteiger partial charge in [-0.05, 0) is 31.9 Å². The molecule has 4 rings (SSSR count). The van der Waals surface area contributed by atoms with Crippen LogP contribution in [0.15, 0.2) is 24.4 Å². The third-order valence-corrected chi connectivity index (χ3v) is 6.00. The fourth-order valence-corrected chi connectivity index (χ4v) is 4.36. The van der Waals surface area contributed by atoms with Gasteiger partial charge in [0.2, 0.25) is 0 Å². The minimum Gasteiger partial charge on any atom is -0.508 e. The number of thiazole rings is 1. The van der Waals surface area contributed by atoms with E-state index in [4.69, 9.17) is 11.6 Å². The lowest BCUT2D eigenvalue weighted by atomic mass is 10.2. The normalized spacial score (nSPS) is 15.9. The lowest BCUT2D eigenvalue weighted by Gasteiger charge is -2.17. The molecule has 1 saturated heterocycles. The van der Waals surface area contributed by atoms with Gasteiger partial charge >= 0.3 is 0 Å². The minimum absolute atomic E-state index is 0.0349. The zero-order valence-electron chi connectivity index (χ0n) is 16.9. The number of nitrogens with one attached hydrogen (secondary N) is 2. The topological polar surface area (TPSA) is 124 Å². The zero-order valence-corrected chi connectivity index (χ0v) is 18.5. The second-order valence-electron chi connectivity index (χ2n) is 7.28. The van der Waals surface area contributed by atoms with Crippen molar-refractivity contribution in [3.05, 3.63) is 45.7 Å². The number of amides is 1. The van der Waals surface area contributed by atoms with E-state index in [1.54, 1.807) is 19.9 Å². The quantitative estimate of drug-likeness (QED) is 0.427. The number of aliphatic hydroxyl groups is 1. The van der Waals surface area contributed by atoms with Gasteiger partial charge in [-0.2, -0.15) is 0 Å². The van der Waals surface area contributed by atoms with E-state index in [2.05, 4.69) is 25.6 Å². The number of benzene rings is 1. The average Bonchev–Trinajstić information content (AvgIpc) is 3.33. The van der Waals surface area contributed by atoms with Crippen molar-refractivity contribution < 1.29 is 15.0 Å². The summed E-state index contributed by atoms with van der Waals surface area (Å²) >= 11 is 7.31. The van der Waals surface area contributed by atoms with Crippen LogP contribution in [0, 0.1) is 13.8 Å². The minimum atomic E-state index is -0.355. The van der Waals surface area contributed by atoms with Crippen LogP contribution in [-0.4, -0.2) is 50.3 Å². The molecule has 1 atom stereocenters. The van der Waals surface area contributed by atoms with Gasteiger partial charge < -0.3 is 25.7 Å². The van der Waals surface area contributed by atoms with Gasteiger partial charge in [-0.1, -0.05) is 22.9 Å². The van der Waals surface area contributed by atoms with Gasteiger partial charge in [-0.25, -0.2) is 15.0 Å². The van der Waals surface area contributed by atoms with E-state index in [1.807, 2.05) is 4.90 Å². The Hall–Kier alpha value is -2.95. The molecule has 1 aromatic carbocycles. The van der Waals surface area contributed by atoms with Crippen LogP contribution in [0.25, 0.3) is 0 Å². The maximum atomic E-state index is 12.6. The zero-order chi connectivity index (χ0) is 22.1. The lowest BCUT2D eigenvalue weighted by Crippen LogP contribution is -2.22. The average molecular weight is 461 g/mol. The predicted octanol–water partition coefficient (Wildman–Crippen LogP) is 3.48. The summed E-state index contributed by atoms with van der Waals surface area (Å²) in [4.78, 5) is 28.1. The number of phenolic OH excluding ortho intramolecular Hbond substituents is 1. The summed E-state index contributed by atoms with van der Waals surface area (Å²) < 4.78 is 0. The Kier molecular flexibility index (Phi) is 5.94. The molecular weight excluding hydrogens is 440 g/mol. The lowest BCUT2D eigenvalue weighted by molar-refractivity contribution is 0.103. The Balaban J connectivity index is 1.48. The number of carbonyl (C=O) groups excluding carboxylic acids is 1. The molecule has 162 valence electrons. The molecule has 0 unspecified atom stereocenters. The molecule has 0 saturated carbocycles. The summed E-state index contributed by atoms with van der Waals surface area (Å²) in [5.41, 5.74) is 1.09. The molecule has 9 nitrogen and oxygen atoms in total. The number of hydrogen-bond acceptors (Lipinski definition) is 9. The summed E-state index contributed by atoms with van der Waals surface area (Å²) in [6.07, 6.45) is 1.83. The number of aryl methyl sites for hydroxylation is 2. The van der Waals surface area contributed by atoms with E-state index in [0.717, 1.165) is 12.4 Å². The van der Waals surface area contributed by atoms with E-state index >= 15 is 0 Å². The van der Waals surface area contributed by atoms with Gasteiger partial charge in [0.25, 0.3) is 5.91 Å². The summed E-state index contributed by atoms with van der Waals surface area (Å²) in [6.45, 7) is 4.81. The van der Waals surface area contributed by atoms with Gasteiger partial charge in [-0.3, -0.25) is 4.79 Å². The Morgan fingerprint density at radius 3 is 2.81 bits per heavy atom. The number of phenols is 1. The number of aromatic nitrogens is 3. The predicted molar refractivity (Wildman–Crippen MR) is 121 cm³/mol. The fourth-order valence-electron chi connectivity index (χ4n) is 3.33. The molecule has 1 aliphatic heterocycles. The Morgan fingerprint density at radius 1 is 1.29 bits per heavy atom. The molecule has 0 aliphatic carbocycles. The molecular formula is C20H21ClN6O3S. The highest BCUT2D eigenvalue weighted by atomic mass is 35.5. The van der Waals surface area contributed by atoms with Gasteiger partial charge in [0.05, 0.1) is 23.0 Å². The molecule has 31 heavy (non-hydrogen) atoms. The first kappa shape index (κ1) is 21.3. The molecule has 3 aromatic rings. The van der Waals surface area contributed by atoms with Gasteiger partial charge in [-0.15, -0.1) is 0 Å². The van der Waals surface area contributed by atoms with Crippen molar-refractivity contribution in [2.24, 2.45) is 0 Å². The van der Waals surface area contributed by atoms with Crippen LogP contribution in [0.1, 0.15) is 27.5 Å². The maximum absolute atomic E-state index is 12.6. The van der Waals surface area contributed by atoms with Gasteiger partial charge in [0, 0.05) is 25.2 Å². The van der Waals surface area contributed by atoms with Crippen molar-refractivity contribution >= 4 is 51.3 Å². The summed E-state index contributed by atoms with van der Waals surface area (Å²) in [5, 5.41) is 26.0. The first-order valence-corrected chi connectivity index (χ1v) is 10.8. The maximum Gasteiger partial charge on any atom is 0.267 e. The van der Waals surface area contributed by atoms with Gasteiger partial charge in [0.15, 0.2) is 5.13 Å². The van der Waals surface area contributed by atoms with Gasteiger partial charge in [0.1, 0.15) is 28.1 Å². The molecule has 0 spiro atoms. The van der Waals surface area contributed by atoms with E-state index < -0.39 is 0 Å². The van der Waals surface area contributed by atoms with Crippen LogP contribution in [0.2, 0.25) is 5.02 Å². The molecule has 0 bridgehead atoms. The van der Waals surface area contributed by atoms with Crippen molar-refractivity contribution in [2.75, 3.05) is 28.6 Å². The van der Waals surface area contributed by atoms with Crippen LogP contribution in [0.4, 0.5) is 22.5 Å². The second-order valence-corrected chi connectivity index (χ2v) is 8.71. The van der Waals surface area contributed by atoms with E-state index in [9.17, 15) is 15.0 Å². The third kappa shape index (κ3) is 4.87. The molecule has 2 aromatic heterocycles. The Labute approximate surface area is 187 Å². The highest BCUT2D eigenvalue weighted by Crippen LogP contribution is 2.31. The number of carbonyl (C=O) groups is 1. The van der Waals surface area contributed by atoms with Crippen molar-refractivity contribution in [3.8, 4) is 5.75 Å². The molecule has 3 heterocycles. The van der Waals surface area contributed by atoms with Crippen LogP contribution < -0.4 is 15.5 Å². The standard InChI is InChI=1S/C20H21ClN6O3S/c1-10-5-13(29)6-14(21)18(10)26-19(30)15-8-22-20(31-15)25-16-7-17(24-11(2)23-16)27-4-3-12(28)9-27/h5-8,12,28-29H,3-4,9H2,1-2H3,(H,26,30)(H,22,23,24,25)/t12-/m0/s1.